The second-order valence-corrected chi connectivity index (χ2v) is 17.8. The predicted molar refractivity (Wildman–Crippen MR) is 194 cm³/mol. The summed E-state index contributed by atoms with van der Waals surface area (Å²) in [5, 5.41) is 46.3. The van der Waals surface area contributed by atoms with E-state index in [0.717, 1.165) is 33.4 Å². The van der Waals surface area contributed by atoms with Crippen molar-refractivity contribution in [2.75, 3.05) is 25.0 Å². The molecule has 0 saturated heterocycles. The quantitative estimate of drug-likeness (QED) is 0.214. The Balaban J connectivity index is 0.000000447. The van der Waals surface area contributed by atoms with Crippen molar-refractivity contribution in [2.45, 2.75) is 60.3 Å². The average molecular weight is 717 g/mol. The molecule has 4 N–H and O–H groups in total. The zero-order valence-corrected chi connectivity index (χ0v) is 30.6. The van der Waals surface area contributed by atoms with E-state index in [0.29, 0.717) is 11.5 Å². The normalized spacial score (nSPS) is 32.3. The highest BCUT2D eigenvalue weighted by molar-refractivity contribution is 7.83. The van der Waals surface area contributed by atoms with E-state index in [2.05, 4.69) is 38.1 Å². The number of rotatable bonds is 2. The van der Waals surface area contributed by atoms with E-state index in [4.69, 9.17) is 9.47 Å². The maximum absolute atomic E-state index is 11.6. The summed E-state index contributed by atoms with van der Waals surface area (Å²) < 4.78 is 31.3. The third kappa shape index (κ3) is 5.13. The lowest BCUT2D eigenvalue weighted by atomic mass is 9.39. The molecule has 4 aromatic rings. The summed E-state index contributed by atoms with van der Waals surface area (Å²) in [7, 11) is -1.22. The first-order chi connectivity index (χ1) is 23.5. The van der Waals surface area contributed by atoms with Crippen molar-refractivity contribution < 1.29 is 38.3 Å². The third-order valence-electron chi connectivity index (χ3n) is 11.6. The fourth-order valence-electron chi connectivity index (χ4n) is 10.1. The van der Waals surface area contributed by atoms with E-state index in [1.165, 1.54) is 0 Å². The Kier molecular flexibility index (Phi) is 8.48. The van der Waals surface area contributed by atoms with E-state index in [1.807, 2.05) is 72.8 Å². The van der Waals surface area contributed by atoms with E-state index >= 15 is 0 Å². The lowest BCUT2D eigenvalue weighted by molar-refractivity contribution is -0.367. The average Bonchev–Trinajstić information content (AvgIpc) is 3.01. The van der Waals surface area contributed by atoms with Crippen LogP contribution in [0.25, 0.3) is 0 Å². The van der Waals surface area contributed by atoms with Crippen LogP contribution in [-0.4, -0.2) is 65.8 Å². The van der Waals surface area contributed by atoms with Gasteiger partial charge in [-0.2, -0.15) is 0 Å². The van der Waals surface area contributed by atoms with Crippen LogP contribution in [0.15, 0.2) is 97.1 Å². The fraction of sp³-hybridized carbons (Fsp3) is 0.400. The summed E-state index contributed by atoms with van der Waals surface area (Å²) in [5.41, 5.74) is 4.40. The van der Waals surface area contributed by atoms with Gasteiger partial charge in [0.25, 0.3) is 0 Å². The lowest BCUT2D eigenvalue weighted by Gasteiger charge is -2.67. The molecule has 2 heterocycles. The summed E-state index contributed by atoms with van der Waals surface area (Å²) in [4.78, 5) is 0. The first-order valence-electron chi connectivity index (χ1n) is 16.7. The minimum absolute atomic E-state index is 0.156. The van der Waals surface area contributed by atoms with Crippen LogP contribution in [0, 0.1) is 11.8 Å². The summed E-state index contributed by atoms with van der Waals surface area (Å²) in [6.07, 6.45) is 6.56. The standard InChI is InChI=1S/C36H32O6.2C2H6OS/c1-33-23-15-13-22-18-25(23)41-35(37,38)31(33)27(19-9-5-3-6-10-19)29(33)21-14-16-24-26(17-21)42-36(39,40)32-28(30(22)34(24,32)2)20-11-7-4-8-12-20;2*1-4(2)3/h3-18,27-32,37-40H,1-2H3;2*1-2H3/t27-,28+,29-,30+,31+,32-,33-,34+;;. The summed E-state index contributed by atoms with van der Waals surface area (Å²) >= 11 is 0. The molecule has 0 radical (unpaired) electrons. The Morgan fingerprint density at radius 3 is 1.16 bits per heavy atom. The molecule has 2 saturated carbocycles. The van der Waals surface area contributed by atoms with E-state index < -0.39 is 56.2 Å². The van der Waals surface area contributed by atoms with Gasteiger partial charge in [0, 0.05) is 92.3 Å². The molecule has 2 aliphatic heterocycles. The van der Waals surface area contributed by atoms with Crippen LogP contribution in [0.1, 0.15) is 70.9 Å². The fourth-order valence-corrected chi connectivity index (χ4v) is 10.1. The van der Waals surface area contributed by atoms with Crippen molar-refractivity contribution in [1.29, 1.82) is 0 Å². The van der Waals surface area contributed by atoms with Gasteiger partial charge < -0.3 is 29.9 Å². The van der Waals surface area contributed by atoms with Gasteiger partial charge in [-0.05, 0) is 34.4 Å². The predicted octanol–water partition coefficient (Wildman–Crippen LogP) is 4.96. The van der Waals surface area contributed by atoms with Crippen molar-refractivity contribution in [1.82, 2.24) is 0 Å². The van der Waals surface area contributed by atoms with Gasteiger partial charge in [-0.3, -0.25) is 8.42 Å². The molecule has 10 heteroatoms. The molecule has 8 aliphatic rings. The van der Waals surface area contributed by atoms with E-state index in [9.17, 15) is 28.8 Å². The van der Waals surface area contributed by atoms with Crippen LogP contribution in [0.3, 0.4) is 0 Å². The second-order valence-electron chi connectivity index (χ2n) is 14.9. The summed E-state index contributed by atoms with van der Waals surface area (Å²) in [6.45, 7) is 4.18. The minimum Gasteiger partial charge on any atom is -0.439 e. The molecule has 0 unspecified atom stereocenters. The smallest absolute Gasteiger partial charge is 0.326 e. The Morgan fingerprint density at radius 2 is 0.840 bits per heavy atom. The molecule has 8 bridgehead atoms. The van der Waals surface area contributed by atoms with Gasteiger partial charge in [-0.25, -0.2) is 0 Å². The Bertz CT molecular complexity index is 1830. The molecule has 50 heavy (non-hydrogen) atoms. The number of hydrogen-bond donors (Lipinski definition) is 4. The van der Waals surface area contributed by atoms with Crippen LogP contribution in [0.2, 0.25) is 0 Å². The van der Waals surface area contributed by atoms with Crippen molar-refractivity contribution in [2.24, 2.45) is 11.8 Å². The molecule has 8 atom stereocenters. The maximum Gasteiger partial charge on any atom is 0.326 e. The highest BCUT2D eigenvalue weighted by atomic mass is 32.2. The van der Waals surface area contributed by atoms with Gasteiger partial charge >= 0.3 is 11.9 Å². The molecule has 0 spiro atoms. The van der Waals surface area contributed by atoms with Crippen LogP contribution >= 0.6 is 0 Å². The highest BCUT2D eigenvalue weighted by Crippen LogP contribution is 2.75. The van der Waals surface area contributed by atoms with E-state index in [-0.39, 0.29) is 23.7 Å². The van der Waals surface area contributed by atoms with Gasteiger partial charge in [0.1, 0.15) is 11.5 Å². The number of aliphatic hydroxyl groups is 4. The topological polar surface area (TPSA) is 134 Å². The molecule has 2 fully saturated rings. The molecule has 12 rings (SSSR count). The summed E-state index contributed by atoms with van der Waals surface area (Å²) in [5.74, 6) is -5.95. The molecule has 4 aromatic carbocycles. The van der Waals surface area contributed by atoms with Gasteiger partial charge in [0.15, 0.2) is 0 Å². The molecule has 8 nitrogen and oxygen atoms in total. The van der Waals surface area contributed by atoms with Crippen molar-refractivity contribution in [3.05, 3.63) is 130 Å². The van der Waals surface area contributed by atoms with E-state index in [1.54, 1.807) is 25.0 Å². The molecular weight excluding hydrogens is 673 g/mol. The molecule has 0 amide bonds. The molecular formula is C40H44O8S2. The molecule has 264 valence electrons. The number of benzene rings is 4. The summed E-state index contributed by atoms with van der Waals surface area (Å²) in [6, 6.07) is 32.2. The van der Waals surface area contributed by atoms with Crippen LogP contribution in [0.5, 0.6) is 11.5 Å². The zero-order chi connectivity index (χ0) is 36.0. The van der Waals surface area contributed by atoms with Crippen LogP contribution in [-0.2, 0) is 32.4 Å². The van der Waals surface area contributed by atoms with Gasteiger partial charge in [-0.15, -0.1) is 0 Å². The van der Waals surface area contributed by atoms with Gasteiger partial charge in [0.05, 0.1) is 11.8 Å². The Labute approximate surface area is 298 Å². The number of hydrogen-bond acceptors (Lipinski definition) is 8. The van der Waals surface area contributed by atoms with Crippen LogP contribution < -0.4 is 9.47 Å². The highest BCUT2D eigenvalue weighted by Gasteiger charge is 2.74. The molecule has 6 aliphatic carbocycles. The van der Waals surface area contributed by atoms with Crippen LogP contribution in [0.4, 0.5) is 0 Å². The van der Waals surface area contributed by atoms with Crippen molar-refractivity contribution in [3.8, 4) is 11.5 Å². The monoisotopic (exact) mass is 716 g/mol. The second kappa shape index (κ2) is 12.1. The minimum atomic E-state index is -2.38. The van der Waals surface area contributed by atoms with Crippen molar-refractivity contribution in [3.63, 3.8) is 0 Å². The lowest BCUT2D eigenvalue weighted by Crippen LogP contribution is -2.69. The Hall–Kier alpha value is -3.38. The SMILES string of the molecule is CS(C)=O.CS(C)=O.C[C@@]12c3ccc4cc3OC(O)(O)[C@@H]1[C@@H](c1ccccc1)[C@@H]2c1ccc2c(c1)OC(O)(O)[C@H]1[C@H](c3ccccc3)[C@@H]4[C@@]21C. The van der Waals surface area contributed by atoms with Crippen molar-refractivity contribution >= 4 is 21.6 Å². The Morgan fingerprint density at radius 1 is 0.520 bits per heavy atom. The number of ether oxygens (including phenoxy) is 2. The maximum atomic E-state index is 11.6. The molecule has 0 aromatic heterocycles. The van der Waals surface area contributed by atoms with Gasteiger partial charge in [0.2, 0.25) is 0 Å². The largest absolute Gasteiger partial charge is 0.439 e. The first kappa shape index (κ1) is 35.0. The first-order valence-corrected chi connectivity index (χ1v) is 20.6. The third-order valence-corrected chi connectivity index (χ3v) is 11.6. The zero-order valence-electron chi connectivity index (χ0n) is 28.9. The van der Waals surface area contributed by atoms with Gasteiger partial charge in [-0.1, -0.05) is 98.8 Å².